The quantitative estimate of drug-likeness (QED) is 0.500. The van der Waals surface area contributed by atoms with E-state index in [2.05, 4.69) is 5.32 Å². The van der Waals surface area contributed by atoms with Gasteiger partial charge in [-0.2, -0.15) is 0 Å². The van der Waals surface area contributed by atoms with Crippen molar-refractivity contribution < 1.29 is 10.2 Å². The molecule has 0 spiro atoms. The summed E-state index contributed by atoms with van der Waals surface area (Å²) in [6.07, 6.45) is 4.35. The van der Waals surface area contributed by atoms with E-state index in [-0.39, 0.29) is 6.61 Å². The molecule has 4 nitrogen and oxygen atoms in total. The van der Waals surface area contributed by atoms with Gasteiger partial charge < -0.3 is 21.3 Å². The first-order valence-corrected chi connectivity index (χ1v) is 5.36. The zero-order chi connectivity index (χ0) is 10.6. The third-order valence-corrected chi connectivity index (χ3v) is 2.83. The minimum atomic E-state index is -1.01. The first-order valence-electron chi connectivity index (χ1n) is 5.36. The molecular formula is C10H22N2O2. The van der Waals surface area contributed by atoms with Crippen LogP contribution in [0.15, 0.2) is 0 Å². The van der Waals surface area contributed by atoms with E-state index in [4.69, 9.17) is 10.8 Å². The number of nitrogens with two attached hydrogens (primary N) is 1. The number of hydrogen-bond acceptors (Lipinski definition) is 4. The molecule has 84 valence electrons. The molecule has 0 aromatic rings. The zero-order valence-electron chi connectivity index (χ0n) is 8.87. The number of aliphatic hydroxyl groups excluding tert-OH is 1. The zero-order valence-corrected chi connectivity index (χ0v) is 8.87. The lowest BCUT2D eigenvalue weighted by Crippen LogP contribution is -2.47. The molecule has 3 unspecified atom stereocenters. The van der Waals surface area contributed by atoms with Crippen LogP contribution in [0.4, 0.5) is 0 Å². The van der Waals surface area contributed by atoms with Gasteiger partial charge in [-0.1, -0.05) is 6.42 Å². The Morgan fingerprint density at radius 2 is 2.21 bits per heavy atom. The van der Waals surface area contributed by atoms with Crippen molar-refractivity contribution in [3.63, 3.8) is 0 Å². The lowest BCUT2D eigenvalue weighted by molar-refractivity contribution is -0.000277. The largest absolute Gasteiger partial charge is 0.393 e. The predicted octanol–water partition coefficient (Wildman–Crippen LogP) is -0.411. The van der Waals surface area contributed by atoms with Crippen LogP contribution in [0.5, 0.6) is 0 Å². The van der Waals surface area contributed by atoms with Crippen molar-refractivity contribution in [1.29, 1.82) is 0 Å². The van der Waals surface area contributed by atoms with E-state index in [9.17, 15) is 5.11 Å². The second kappa shape index (κ2) is 5.07. The van der Waals surface area contributed by atoms with E-state index in [0.29, 0.717) is 18.6 Å². The average molecular weight is 202 g/mol. The summed E-state index contributed by atoms with van der Waals surface area (Å²) < 4.78 is 0. The summed E-state index contributed by atoms with van der Waals surface area (Å²) in [5, 5.41) is 21.7. The Kier molecular flexibility index (Phi) is 4.31. The molecule has 5 N–H and O–H groups in total. The maximum atomic E-state index is 9.58. The Labute approximate surface area is 85.5 Å². The minimum Gasteiger partial charge on any atom is -0.393 e. The highest BCUT2D eigenvalue weighted by atomic mass is 16.3. The molecule has 1 saturated carbocycles. The fraction of sp³-hybridized carbons (Fsp3) is 1.00. The summed E-state index contributed by atoms with van der Waals surface area (Å²) in [6, 6.07) is 0.692. The van der Waals surface area contributed by atoms with Crippen molar-refractivity contribution in [2.75, 3.05) is 13.2 Å². The number of aliphatic hydroxyl groups is 2. The second-order valence-corrected chi connectivity index (χ2v) is 4.66. The van der Waals surface area contributed by atoms with E-state index in [1.165, 1.54) is 0 Å². The van der Waals surface area contributed by atoms with Gasteiger partial charge in [0.1, 0.15) is 0 Å². The van der Waals surface area contributed by atoms with Crippen LogP contribution >= 0.6 is 0 Å². The van der Waals surface area contributed by atoms with Crippen LogP contribution in [0.1, 0.15) is 32.6 Å². The monoisotopic (exact) mass is 202 g/mol. The van der Waals surface area contributed by atoms with Crippen molar-refractivity contribution in [3.8, 4) is 0 Å². The molecule has 0 radical (unpaired) electrons. The Hall–Kier alpha value is -0.160. The molecule has 1 fully saturated rings. The molecule has 14 heavy (non-hydrogen) atoms. The molecule has 0 heterocycles. The number of rotatable bonds is 4. The first kappa shape index (κ1) is 11.9. The molecular weight excluding hydrogens is 180 g/mol. The smallest absolute Gasteiger partial charge is 0.0972 e. The molecule has 0 aromatic heterocycles. The predicted molar refractivity (Wildman–Crippen MR) is 55.9 cm³/mol. The summed E-state index contributed by atoms with van der Waals surface area (Å²) in [5.74, 6) is 0. The van der Waals surface area contributed by atoms with Gasteiger partial charge in [-0.3, -0.25) is 0 Å². The maximum absolute atomic E-state index is 9.58. The van der Waals surface area contributed by atoms with Crippen LogP contribution in [0.2, 0.25) is 0 Å². The van der Waals surface area contributed by atoms with Gasteiger partial charge in [-0.05, 0) is 26.2 Å². The molecule has 0 aliphatic heterocycles. The van der Waals surface area contributed by atoms with E-state index in [1.54, 1.807) is 6.92 Å². The lowest BCUT2D eigenvalue weighted by atomic mass is 9.91. The molecule has 0 bridgehead atoms. The highest BCUT2D eigenvalue weighted by Gasteiger charge is 2.23. The van der Waals surface area contributed by atoms with Crippen LogP contribution in [0.25, 0.3) is 0 Å². The molecule has 0 saturated heterocycles. The summed E-state index contributed by atoms with van der Waals surface area (Å²) in [4.78, 5) is 0. The number of nitrogens with one attached hydrogen (secondary N) is 1. The molecule has 1 aliphatic rings. The van der Waals surface area contributed by atoms with Gasteiger partial charge >= 0.3 is 0 Å². The summed E-state index contributed by atoms with van der Waals surface area (Å²) in [6.45, 7) is 1.85. The van der Waals surface area contributed by atoms with Crippen LogP contribution < -0.4 is 11.1 Å². The van der Waals surface area contributed by atoms with Crippen molar-refractivity contribution in [2.45, 2.75) is 50.3 Å². The highest BCUT2D eigenvalue weighted by Crippen LogP contribution is 2.17. The molecule has 3 atom stereocenters. The second-order valence-electron chi connectivity index (χ2n) is 4.66. The van der Waals surface area contributed by atoms with Gasteiger partial charge in [0.05, 0.1) is 12.2 Å². The van der Waals surface area contributed by atoms with Crippen molar-refractivity contribution in [1.82, 2.24) is 5.32 Å². The minimum absolute atomic E-state index is 0.210. The topological polar surface area (TPSA) is 78.5 Å². The maximum Gasteiger partial charge on any atom is 0.0972 e. The fourth-order valence-corrected chi connectivity index (χ4v) is 1.83. The molecule has 0 aromatic carbocycles. The van der Waals surface area contributed by atoms with Crippen LogP contribution in [0.3, 0.4) is 0 Å². The third-order valence-electron chi connectivity index (χ3n) is 2.83. The van der Waals surface area contributed by atoms with Crippen LogP contribution in [-0.2, 0) is 0 Å². The van der Waals surface area contributed by atoms with E-state index >= 15 is 0 Å². The van der Waals surface area contributed by atoms with Gasteiger partial charge in [0.2, 0.25) is 0 Å². The van der Waals surface area contributed by atoms with Gasteiger partial charge in [0, 0.05) is 18.6 Å². The van der Waals surface area contributed by atoms with Gasteiger partial charge in [0.15, 0.2) is 0 Å². The Balaban J connectivity index is 2.23. The normalized spacial score (nSPS) is 32.6. The van der Waals surface area contributed by atoms with Crippen molar-refractivity contribution in [3.05, 3.63) is 0 Å². The molecule has 4 heteroatoms. The standard InChI is InChI=1S/C10H22N2O2/c1-10(14,7-13)6-12-9-4-2-3-8(11)5-9/h8-9,12-14H,2-7,11H2,1H3. The van der Waals surface area contributed by atoms with Gasteiger partial charge in [-0.25, -0.2) is 0 Å². The van der Waals surface area contributed by atoms with Gasteiger partial charge in [-0.15, -0.1) is 0 Å². The SMILES string of the molecule is CC(O)(CO)CNC1CCCC(N)C1. The van der Waals surface area contributed by atoms with Crippen molar-refractivity contribution in [2.24, 2.45) is 5.73 Å². The average Bonchev–Trinajstić information content (AvgIpc) is 2.15. The van der Waals surface area contributed by atoms with Crippen LogP contribution in [-0.4, -0.2) is 41.0 Å². The molecule has 1 rings (SSSR count). The highest BCUT2D eigenvalue weighted by molar-refractivity contribution is 4.83. The fourth-order valence-electron chi connectivity index (χ4n) is 1.83. The molecule has 1 aliphatic carbocycles. The van der Waals surface area contributed by atoms with E-state index < -0.39 is 5.60 Å². The van der Waals surface area contributed by atoms with Crippen LogP contribution in [0, 0.1) is 0 Å². The van der Waals surface area contributed by atoms with E-state index in [1.807, 2.05) is 0 Å². The summed E-state index contributed by atoms with van der Waals surface area (Å²) >= 11 is 0. The Bertz CT molecular complexity index is 174. The molecule has 0 amide bonds. The first-order chi connectivity index (χ1) is 6.53. The third kappa shape index (κ3) is 3.92. The Morgan fingerprint density at radius 1 is 1.50 bits per heavy atom. The van der Waals surface area contributed by atoms with Gasteiger partial charge in [0.25, 0.3) is 0 Å². The van der Waals surface area contributed by atoms with E-state index in [0.717, 1.165) is 25.7 Å². The Morgan fingerprint density at radius 3 is 2.79 bits per heavy atom. The van der Waals surface area contributed by atoms with Crippen molar-refractivity contribution >= 4 is 0 Å². The summed E-state index contributed by atoms with van der Waals surface area (Å²) in [7, 11) is 0. The summed E-state index contributed by atoms with van der Waals surface area (Å²) in [5.41, 5.74) is 4.83. The number of hydrogen-bond donors (Lipinski definition) is 4. The lowest BCUT2D eigenvalue weighted by Gasteiger charge is -2.30.